The fourth-order valence-corrected chi connectivity index (χ4v) is 3.80. The maximum absolute atomic E-state index is 12.5. The van der Waals surface area contributed by atoms with Gasteiger partial charge in [0.05, 0.1) is 11.3 Å². The lowest BCUT2D eigenvalue weighted by molar-refractivity contribution is -0.274. The first-order valence-electron chi connectivity index (χ1n) is 9.31. The zero-order valence-electron chi connectivity index (χ0n) is 15.7. The molecule has 4 aromatic rings. The normalized spacial score (nSPS) is 18.3. The second-order valence-corrected chi connectivity index (χ2v) is 7.23. The van der Waals surface area contributed by atoms with Gasteiger partial charge < -0.3 is 9.72 Å². The second kappa shape index (κ2) is 6.83. The van der Waals surface area contributed by atoms with Gasteiger partial charge in [0, 0.05) is 24.2 Å². The van der Waals surface area contributed by atoms with Crippen molar-refractivity contribution in [3.05, 3.63) is 80.9 Å². The first-order chi connectivity index (χ1) is 14.8. The number of rotatable bonds is 4. The van der Waals surface area contributed by atoms with E-state index in [4.69, 9.17) is 0 Å². The van der Waals surface area contributed by atoms with Crippen LogP contribution in [0, 0.1) is 0 Å². The topological polar surface area (TPSA) is 105 Å². The molecule has 0 saturated heterocycles. The number of hydrogen-bond donors (Lipinski definition) is 2. The number of aromatic amines is 2. The molecule has 8 nitrogen and oxygen atoms in total. The van der Waals surface area contributed by atoms with Crippen LogP contribution in [-0.4, -0.2) is 30.9 Å². The number of benzene rings is 1. The number of ether oxygens (including phenoxy) is 1. The predicted molar refractivity (Wildman–Crippen MR) is 103 cm³/mol. The Morgan fingerprint density at radius 1 is 1.16 bits per heavy atom. The van der Waals surface area contributed by atoms with Crippen LogP contribution in [0.5, 0.6) is 5.75 Å². The molecule has 31 heavy (non-hydrogen) atoms. The quantitative estimate of drug-likeness (QED) is 0.519. The molecule has 0 radical (unpaired) electrons. The smallest absolute Gasteiger partial charge is 0.406 e. The zero-order chi connectivity index (χ0) is 21.8. The van der Waals surface area contributed by atoms with Crippen molar-refractivity contribution >= 4 is 5.65 Å². The molecule has 0 spiro atoms. The van der Waals surface area contributed by atoms with Gasteiger partial charge in [-0.05, 0) is 42.0 Å². The first kappa shape index (κ1) is 19.1. The second-order valence-electron chi connectivity index (χ2n) is 7.23. The van der Waals surface area contributed by atoms with Crippen LogP contribution in [0.25, 0.3) is 16.9 Å². The van der Waals surface area contributed by atoms with Gasteiger partial charge in [-0.3, -0.25) is 9.78 Å². The van der Waals surface area contributed by atoms with Gasteiger partial charge in [-0.25, -0.2) is 14.3 Å². The van der Waals surface area contributed by atoms with Crippen LogP contribution in [0.4, 0.5) is 13.2 Å². The molecule has 0 unspecified atom stereocenters. The van der Waals surface area contributed by atoms with Crippen LogP contribution in [0.1, 0.15) is 29.4 Å². The van der Waals surface area contributed by atoms with Crippen LogP contribution in [0.3, 0.4) is 0 Å². The third-order valence-corrected chi connectivity index (χ3v) is 5.19. The SMILES string of the molecule is O=c1[nH]cc(-c2cc([C@H]3C[C@@H]3c3cccc(OC(F)(F)F)c3)c3nccn3n2)c(=O)[nH]1. The largest absolute Gasteiger partial charge is 0.573 e. The number of nitrogens with zero attached hydrogens (tertiary/aromatic N) is 3. The minimum absolute atomic E-state index is 0.0189. The van der Waals surface area contributed by atoms with Gasteiger partial charge in [0.15, 0.2) is 5.65 Å². The Morgan fingerprint density at radius 3 is 2.77 bits per heavy atom. The summed E-state index contributed by atoms with van der Waals surface area (Å²) >= 11 is 0. The highest BCUT2D eigenvalue weighted by molar-refractivity contribution is 5.63. The highest BCUT2D eigenvalue weighted by Gasteiger charge is 2.42. The Kier molecular flexibility index (Phi) is 4.20. The summed E-state index contributed by atoms with van der Waals surface area (Å²) in [4.78, 5) is 32.4. The summed E-state index contributed by atoms with van der Waals surface area (Å²) in [6.45, 7) is 0. The standard InChI is InChI=1S/C20H14F3N5O3/c21-20(22,23)31-11-3-1-2-10(6-11)12-7-13(12)14-8-16(27-28-5-4-24-17(14)28)15-9-25-19(30)26-18(15)29/h1-6,8-9,12-13H,7H2,(H2,25,26,29,30)/t12-,13+/m1/s1. The van der Waals surface area contributed by atoms with E-state index in [1.54, 1.807) is 24.5 Å². The van der Waals surface area contributed by atoms with Crippen LogP contribution < -0.4 is 16.0 Å². The Labute approximate surface area is 171 Å². The molecule has 1 aromatic carbocycles. The number of halogens is 3. The van der Waals surface area contributed by atoms with E-state index in [2.05, 4.69) is 24.8 Å². The molecule has 1 fully saturated rings. The molecule has 1 saturated carbocycles. The van der Waals surface area contributed by atoms with Crippen LogP contribution in [0.2, 0.25) is 0 Å². The van der Waals surface area contributed by atoms with Gasteiger partial charge in [-0.15, -0.1) is 13.2 Å². The van der Waals surface area contributed by atoms with Crippen LogP contribution >= 0.6 is 0 Å². The Hall–Kier alpha value is -3.89. The molecule has 3 aromatic heterocycles. The van der Waals surface area contributed by atoms with E-state index in [0.29, 0.717) is 17.8 Å². The van der Waals surface area contributed by atoms with E-state index in [0.717, 1.165) is 11.1 Å². The predicted octanol–water partition coefficient (Wildman–Crippen LogP) is 2.94. The fraction of sp³-hybridized carbons (Fsp3) is 0.200. The lowest BCUT2D eigenvalue weighted by atomic mass is 10.0. The monoisotopic (exact) mass is 429 g/mol. The number of imidazole rings is 1. The van der Waals surface area contributed by atoms with Gasteiger partial charge in [0.1, 0.15) is 5.75 Å². The minimum atomic E-state index is -4.76. The van der Waals surface area contributed by atoms with Crippen molar-refractivity contribution < 1.29 is 17.9 Å². The highest BCUT2D eigenvalue weighted by Crippen LogP contribution is 2.56. The zero-order valence-corrected chi connectivity index (χ0v) is 15.7. The highest BCUT2D eigenvalue weighted by atomic mass is 19.4. The molecule has 0 amide bonds. The molecule has 0 bridgehead atoms. The van der Waals surface area contributed by atoms with Crippen molar-refractivity contribution in [1.29, 1.82) is 0 Å². The molecule has 3 heterocycles. The molecule has 1 aliphatic carbocycles. The summed E-state index contributed by atoms with van der Waals surface area (Å²) < 4.78 is 43.2. The van der Waals surface area contributed by atoms with Crippen molar-refractivity contribution in [1.82, 2.24) is 24.6 Å². The first-order valence-corrected chi connectivity index (χ1v) is 9.31. The Bertz CT molecular complexity index is 1410. The summed E-state index contributed by atoms with van der Waals surface area (Å²) in [5, 5.41) is 4.39. The summed E-state index contributed by atoms with van der Waals surface area (Å²) in [6, 6.07) is 7.65. The molecule has 2 N–H and O–H groups in total. The maximum atomic E-state index is 12.5. The summed E-state index contributed by atoms with van der Waals surface area (Å²) in [7, 11) is 0. The van der Waals surface area contributed by atoms with Crippen molar-refractivity contribution in [2.75, 3.05) is 0 Å². The Morgan fingerprint density at radius 2 is 2.00 bits per heavy atom. The van der Waals surface area contributed by atoms with Crippen molar-refractivity contribution in [3.63, 3.8) is 0 Å². The Balaban J connectivity index is 1.52. The van der Waals surface area contributed by atoms with E-state index < -0.39 is 17.6 Å². The molecule has 11 heteroatoms. The number of fused-ring (bicyclic) bond motifs is 1. The lowest BCUT2D eigenvalue weighted by Gasteiger charge is -2.10. The van der Waals surface area contributed by atoms with Gasteiger partial charge in [-0.1, -0.05) is 12.1 Å². The van der Waals surface area contributed by atoms with E-state index in [9.17, 15) is 22.8 Å². The van der Waals surface area contributed by atoms with Crippen molar-refractivity contribution in [3.8, 4) is 17.0 Å². The fourth-order valence-electron chi connectivity index (χ4n) is 3.80. The average molecular weight is 429 g/mol. The lowest BCUT2D eigenvalue weighted by Crippen LogP contribution is -2.23. The maximum Gasteiger partial charge on any atom is 0.573 e. The summed E-state index contributed by atoms with van der Waals surface area (Å²) in [5.41, 5.74) is 1.46. The number of alkyl halides is 3. The summed E-state index contributed by atoms with van der Waals surface area (Å²) in [5.74, 6) is -0.312. The van der Waals surface area contributed by atoms with E-state index in [-0.39, 0.29) is 23.1 Å². The van der Waals surface area contributed by atoms with Gasteiger partial charge in [0.25, 0.3) is 5.56 Å². The molecule has 0 aliphatic heterocycles. The number of H-pyrrole nitrogens is 2. The van der Waals surface area contributed by atoms with E-state index >= 15 is 0 Å². The van der Waals surface area contributed by atoms with Gasteiger partial charge >= 0.3 is 12.1 Å². The number of nitrogens with one attached hydrogen (secondary N) is 2. The third kappa shape index (κ3) is 3.69. The average Bonchev–Trinajstić information content (AvgIpc) is 3.35. The molecule has 5 rings (SSSR count). The third-order valence-electron chi connectivity index (χ3n) is 5.19. The molecule has 158 valence electrons. The molecule has 2 atom stereocenters. The number of hydrogen-bond acceptors (Lipinski definition) is 5. The van der Waals surface area contributed by atoms with E-state index in [1.165, 1.54) is 28.9 Å². The van der Waals surface area contributed by atoms with Crippen molar-refractivity contribution in [2.45, 2.75) is 24.6 Å². The van der Waals surface area contributed by atoms with Gasteiger partial charge in [0.2, 0.25) is 0 Å². The molecular formula is C20H14F3N5O3. The molecular weight excluding hydrogens is 415 g/mol. The molecule has 1 aliphatic rings. The number of aromatic nitrogens is 5. The van der Waals surface area contributed by atoms with E-state index in [1.807, 2.05) is 0 Å². The minimum Gasteiger partial charge on any atom is -0.406 e. The van der Waals surface area contributed by atoms with Crippen LogP contribution in [0.15, 0.2) is 58.5 Å². The van der Waals surface area contributed by atoms with Gasteiger partial charge in [-0.2, -0.15) is 5.10 Å². The van der Waals surface area contributed by atoms with Crippen LogP contribution in [-0.2, 0) is 0 Å². The van der Waals surface area contributed by atoms with Crippen molar-refractivity contribution in [2.24, 2.45) is 0 Å². The summed E-state index contributed by atoms with van der Waals surface area (Å²) in [6.07, 6.45) is 0.439.